The average molecular weight is 267 g/mol. The van der Waals surface area contributed by atoms with E-state index in [9.17, 15) is 4.79 Å². The third-order valence-corrected chi connectivity index (χ3v) is 6.03. The standard InChI is InChI=1S/C16H29NO2/c1-10(2)14(18)19-13-12(17(6)7)11-8-9-16(13,5)15(11,3)4/h10-13H,8-9H2,1-7H3/t11-,12-,13-,16+/m1/s1. The molecule has 3 nitrogen and oxygen atoms in total. The van der Waals surface area contributed by atoms with Gasteiger partial charge in [-0.1, -0.05) is 34.6 Å². The van der Waals surface area contributed by atoms with Crippen LogP contribution in [0, 0.1) is 22.7 Å². The summed E-state index contributed by atoms with van der Waals surface area (Å²) < 4.78 is 5.94. The first kappa shape index (κ1) is 14.8. The molecule has 4 atom stereocenters. The van der Waals surface area contributed by atoms with Crippen LogP contribution in [-0.4, -0.2) is 37.1 Å². The van der Waals surface area contributed by atoms with Crippen LogP contribution in [0.3, 0.4) is 0 Å². The molecule has 0 N–H and O–H groups in total. The van der Waals surface area contributed by atoms with Crippen LogP contribution in [0.15, 0.2) is 0 Å². The van der Waals surface area contributed by atoms with E-state index >= 15 is 0 Å². The first-order chi connectivity index (χ1) is 8.63. The Kier molecular flexibility index (Phi) is 3.49. The van der Waals surface area contributed by atoms with Gasteiger partial charge < -0.3 is 9.64 Å². The summed E-state index contributed by atoms with van der Waals surface area (Å²) in [7, 11) is 4.22. The van der Waals surface area contributed by atoms with Crippen LogP contribution < -0.4 is 0 Å². The van der Waals surface area contributed by atoms with Crippen molar-refractivity contribution in [3.8, 4) is 0 Å². The summed E-state index contributed by atoms with van der Waals surface area (Å²) in [5.74, 6) is 0.521. The molecular formula is C16H29NO2. The van der Waals surface area contributed by atoms with Crippen LogP contribution in [-0.2, 0) is 9.53 Å². The van der Waals surface area contributed by atoms with E-state index in [-0.39, 0.29) is 28.8 Å². The second-order valence-corrected chi connectivity index (χ2v) is 7.75. The first-order valence-corrected chi connectivity index (χ1v) is 7.50. The first-order valence-electron chi connectivity index (χ1n) is 7.50. The zero-order chi connectivity index (χ0) is 14.6. The van der Waals surface area contributed by atoms with Crippen LogP contribution in [0.25, 0.3) is 0 Å². The lowest BCUT2D eigenvalue weighted by Gasteiger charge is -2.41. The molecule has 2 aliphatic carbocycles. The minimum absolute atomic E-state index is 0.0335. The number of likely N-dealkylation sites (N-methyl/N-ethyl adjacent to an activating group) is 1. The minimum atomic E-state index is -0.0542. The van der Waals surface area contributed by atoms with Crippen LogP contribution in [0.1, 0.15) is 47.5 Å². The molecule has 0 amide bonds. The summed E-state index contributed by atoms with van der Waals surface area (Å²) in [4.78, 5) is 14.3. The van der Waals surface area contributed by atoms with E-state index in [4.69, 9.17) is 4.74 Å². The number of hydrogen-bond acceptors (Lipinski definition) is 3. The topological polar surface area (TPSA) is 29.5 Å². The van der Waals surface area contributed by atoms with E-state index in [1.807, 2.05) is 13.8 Å². The van der Waals surface area contributed by atoms with Gasteiger partial charge >= 0.3 is 5.97 Å². The fourth-order valence-electron chi connectivity index (χ4n) is 4.35. The molecule has 0 spiro atoms. The van der Waals surface area contributed by atoms with Gasteiger partial charge in [-0.2, -0.15) is 0 Å². The van der Waals surface area contributed by atoms with E-state index < -0.39 is 0 Å². The van der Waals surface area contributed by atoms with Crippen LogP contribution >= 0.6 is 0 Å². The highest BCUT2D eigenvalue weighted by atomic mass is 16.5. The van der Waals surface area contributed by atoms with Crippen LogP contribution in [0.5, 0.6) is 0 Å². The van der Waals surface area contributed by atoms with Crippen molar-refractivity contribution in [2.45, 2.75) is 59.6 Å². The van der Waals surface area contributed by atoms with Gasteiger partial charge in [-0.15, -0.1) is 0 Å². The Hall–Kier alpha value is -0.570. The molecule has 2 fully saturated rings. The van der Waals surface area contributed by atoms with E-state index in [0.717, 1.165) is 0 Å². The highest BCUT2D eigenvalue weighted by Gasteiger charge is 2.68. The van der Waals surface area contributed by atoms with Gasteiger partial charge in [-0.05, 0) is 38.3 Å². The molecule has 19 heavy (non-hydrogen) atoms. The normalized spacial score (nSPS) is 40.2. The molecule has 0 radical (unpaired) electrons. The number of rotatable bonds is 3. The Morgan fingerprint density at radius 3 is 2.32 bits per heavy atom. The largest absolute Gasteiger partial charge is 0.460 e. The highest BCUT2D eigenvalue weighted by Crippen LogP contribution is 2.67. The van der Waals surface area contributed by atoms with Gasteiger partial charge in [-0.25, -0.2) is 0 Å². The van der Waals surface area contributed by atoms with Gasteiger partial charge in [-0.3, -0.25) is 4.79 Å². The van der Waals surface area contributed by atoms with Crippen molar-refractivity contribution in [3.63, 3.8) is 0 Å². The van der Waals surface area contributed by atoms with Crippen LogP contribution in [0.2, 0.25) is 0 Å². The van der Waals surface area contributed by atoms with E-state index in [2.05, 4.69) is 39.8 Å². The number of hydrogen-bond donors (Lipinski definition) is 0. The Labute approximate surface area is 117 Å². The van der Waals surface area contributed by atoms with Crippen molar-refractivity contribution in [2.24, 2.45) is 22.7 Å². The quantitative estimate of drug-likeness (QED) is 0.736. The van der Waals surface area contributed by atoms with E-state index in [1.165, 1.54) is 12.8 Å². The molecule has 3 heteroatoms. The Bertz CT molecular complexity index is 375. The Morgan fingerprint density at radius 1 is 1.26 bits per heavy atom. The molecule has 0 aromatic rings. The number of esters is 1. The second-order valence-electron chi connectivity index (χ2n) is 7.75. The monoisotopic (exact) mass is 267 g/mol. The number of ether oxygens (including phenoxy) is 1. The molecular weight excluding hydrogens is 238 g/mol. The number of carbonyl (C=O) groups excluding carboxylic acids is 1. The summed E-state index contributed by atoms with van der Waals surface area (Å²) in [5, 5.41) is 0. The van der Waals surface area contributed by atoms with Crippen molar-refractivity contribution >= 4 is 5.97 Å². The highest BCUT2D eigenvalue weighted by molar-refractivity contribution is 5.72. The molecule has 2 aliphatic rings. The third-order valence-electron chi connectivity index (χ3n) is 6.03. The van der Waals surface area contributed by atoms with Gasteiger partial charge in [0.05, 0.1) is 12.0 Å². The average Bonchev–Trinajstić information content (AvgIpc) is 2.60. The van der Waals surface area contributed by atoms with Gasteiger partial charge in [0, 0.05) is 5.41 Å². The van der Waals surface area contributed by atoms with Crippen molar-refractivity contribution < 1.29 is 9.53 Å². The van der Waals surface area contributed by atoms with Gasteiger partial charge in [0.25, 0.3) is 0 Å². The maximum Gasteiger partial charge on any atom is 0.308 e. The Morgan fingerprint density at radius 2 is 1.84 bits per heavy atom. The molecule has 0 aliphatic heterocycles. The van der Waals surface area contributed by atoms with Crippen molar-refractivity contribution in [1.29, 1.82) is 0 Å². The number of fused-ring (bicyclic) bond motifs is 2. The summed E-state index contributed by atoms with van der Waals surface area (Å²) in [6, 6.07) is 0.358. The van der Waals surface area contributed by atoms with Gasteiger partial charge in [0.2, 0.25) is 0 Å². The lowest BCUT2D eigenvalue weighted by atomic mass is 9.70. The molecule has 110 valence electrons. The fourth-order valence-corrected chi connectivity index (χ4v) is 4.35. The lowest BCUT2D eigenvalue weighted by molar-refractivity contribution is -0.164. The van der Waals surface area contributed by atoms with Gasteiger partial charge in [0.15, 0.2) is 0 Å². The van der Waals surface area contributed by atoms with Crippen molar-refractivity contribution in [3.05, 3.63) is 0 Å². The summed E-state index contributed by atoms with van der Waals surface area (Å²) >= 11 is 0. The van der Waals surface area contributed by atoms with Gasteiger partial charge in [0.1, 0.15) is 6.10 Å². The van der Waals surface area contributed by atoms with Crippen LogP contribution in [0.4, 0.5) is 0 Å². The lowest BCUT2D eigenvalue weighted by Crippen LogP contribution is -2.49. The predicted molar refractivity (Wildman–Crippen MR) is 76.8 cm³/mol. The molecule has 0 saturated heterocycles. The summed E-state index contributed by atoms with van der Waals surface area (Å²) in [6.45, 7) is 10.8. The van der Waals surface area contributed by atoms with E-state index in [0.29, 0.717) is 12.0 Å². The molecule has 0 unspecified atom stereocenters. The zero-order valence-corrected chi connectivity index (χ0v) is 13.5. The smallest absolute Gasteiger partial charge is 0.308 e. The van der Waals surface area contributed by atoms with Crippen molar-refractivity contribution in [2.75, 3.05) is 14.1 Å². The molecule has 0 aromatic heterocycles. The summed E-state index contributed by atoms with van der Waals surface area (Å²) in [6.07, 6.45) is 2.46. The Balaban J connectivity index is 2.32. The fraction of sp³-hybridized carbons (Fsp3) is 0.938. The predicted octanol–water partition coefficient (Wildman–Crippen LogP) is 2.94. The minimum Gasteiger partial charge on any atom is -0.460 e. The number of carbonyl (C=O) groups is 1. The van der Waals surface area contributed by atoms with Crippen molar-refractivity contribution in [1.82, 2.24) is 4.90 Å². The molecule has 2 rings (SSSR count). The molecule has 0 aromatic carbocycles. The maximum absolute atomic E-state index is 12.1. The SMILES string of the molecule is CC(C)C(=O)O[C@@H]1[C@H](N(C)C)[C@H]2CC[C@]1(C)C2(C)C. The zero-order valence-electron chi connectivity index (χ0n) is 13.5. The molecule has 0 heterocycles. The van der Waals surface area contributed by atoms with E-state index in [1.54, 1.807) is 0 Å². The second kappa shape index (κ2) is 4.47. The summed E-state index contributed by atoms with van der Waals surface area (Å²) in [5.41, 5.74) is 0.348. The third kappa shape index (κ3) is 1.93. The molecule has 2 bridgehead atoms. The molecule has 2 saturated carbocycles. The maximum atomic E-state index is 12.1. The number of nitrogens with zero attached hydrogens (tertiary/aromatic N) is 1.